The molecule has 2 aliphatic rings. The van der Waals surface area contributed by atoms with E-state index in [1.807, 2.05) is 0 Å². The average Bonchev–Trinajstić information content (AvgIpc) is 2.66. The number of nitrogens with one attached hydrogen (secondary N) is 1. The summed E-state index contributed by atoms with van der Waals surface area (Å²) in [6, 6.07) is 1.17. The number of nitrogens with zero attached hydrogens (tertiary/aromatic N) is 2. The predicted octanol–water partition coefficient (Wildman–Crippen LogP) is 2.40. The molecule has 0 aliphatic heterocycles. The highest BCUT2D eigenvalue weighted by atomic mass is 16.5. The highest BCUT2D eigenvalue weighted by Gasteiger charge is 2.46. The molecule has 15 heavy (non-hydrogen) atoms. The lowest BCUT2D eigenvalue weighted by Crippen LogP contribution is -2.17. The molecule has 1 aromatic heterocycles. The largest absolute Gasteiger partial charge is 0.335 e. The number of fused-ring (bicyclic) bond motifs is 1. The number of hydrogen-bond donors (Lipinski definition) is 1. The molecule has 0 bridgehead atoms. The van der Waals surface area contributed by atoms with Crippen LogP contribution in [0.2, 0.25) is 0 Å². The molecule has 1 N–H and O–H groups in total. The van der Waals surface area contributed by atoms with Gasteiger partial charge in [-0.15, -0.1) is 0 Å². The number of rotatable bonds is 3. The van der Waals surface area contributed by atoms with Gasteiger partial charge in [-0.1, -0.05) is 19.0 Å². The van der Waals surface area contributed by atoms with Gasteiger partial charge in [-0.05, 0) is 31.1 Å². The number of aromatic nitrogens is 2. The van der Waals surface area contributed by atoms with Crippen molar-refractivity contribution in [2.24, 2.45) is 11.8 Å². The lowest BCUT2D eigenvalue weighted by atomic mass is 10.2. The lowest BCUT2D eigenvalue weighted by Gasteiger charge is -2.10. The van der Waals surface area contributed by atoms with Crippen molar-refractivity contribution in [3.63, 3.8) is 0 Å². The first-order chi connectivity index (χ1) is 7.22. The third-order valence-electron chi connectivity index (χ3n) is 3.53. The highest BCUT2D eigenvalue weighted by Crippen LogP contribution is 2.52. The van der Waals surface area contributed by atoms with E-state index in [1.54, 1.807) is 0 Å². The maximum atomic E-state index is 5.17. The Morgan fingerprint density at radius 3 is 2.60 bits per heavy atom. The molecule has 2 saturated carbocycles. The Kier molecular flexibility index (Phi) is 1.97. The van der Waals surface area contributed by atoms with Crippen molar-refractivity contribution in [1.29, 1.82) is 0 Å². The van der Waals surface area contributed by atoms with Gasteiger partial charge in [-0.25, -0.2) is 0 Å². The zero-order valence-electron chi connectivity index (χ0n) is 9.23. The fraction of sp³-hybridized carbons (Fsp3) is 0.818. The molecular formula is C11H17N3O. The Morgan fingerprint density at radius 1 is 1.27 bits per heavy atom. The van der Waals surface area contributed by atoms with E-state index < -0.39 is 0 Å². The van der Waals surface area contributed by atoms with Gasteiger partial charge < -0.3 is 9.84 Å². The van der Waals surface area contributed by atoms with E-state index in [1.165, 1.54) is 19.3 Å². The standard InChI is InChI=1S/C11H17N3O/c1-6(2)10-13-11(15-14-10)12-9-4-7-3-8(7)5-9/h6-9H,3-5H2,1-2H3,(H,12,13,14). The molecule has 2 aliphatic carbocycles. The van der Waals surface area contributed by atoms with Crippen molar-refractivity contribution in [1.82, 2.24) is 10.1 Å². The van der Waals surface area contributed by atoms with Gasteiger partial charge in [-0.3, -0.25) is 0 Å². The summed E-state index contributed by atoms with van der Waals surface area (Å²) in [5.74, 6) is 3.09. The van der Waals surface area contributed by atoms with Crippen LogP contribution >= 0.6 is 0 Å². The van der Waals surface area contributed by atoms with E-state index in [0.717, 1.165) is 17.7 Å². The average molecular weight is 207 g/mol. The molecule has 1 heterocycles. The second-order valence-electron chi connectivity index (χ2n) is 5.18. The van der Waals surface area contributed by atoms with Crippen molar-refractivity contribution < 1.29 is 4.52 Å². The van der Waals surface area contributed by atoms with Crippen molar-refractivity contribution in [2.75, 3.05) is 5.32 Å². The normalized spacial score (nSPS) is 33.1. The lowest BCUT2D eigenvalue weighted by molar-refractivity contribution is 0.413. The second kappa shape index (κ2) is 3.22. The molecule has 0 aromatic carbocycles. The van der Waals surface area contributed by atoms with Gasteiger partial charge in [-0.2, -0.15) is 4.98 Å². The Bertz CT molecular complexity index is 350. The summed E-state index contributed by atoms with van der Waals surface area (Å²) >= 11 is 0. The van der Waals surface area contributed by atoms with Crippen LogP contribution in [0.15, 0.2) is 4.52 Å². The first-order valence-corrected chi connectivity index (χ1v) is 5.82. The monoisotopic (exact) mass is 207 g/mol. The molecule has 3 rings (SSSR count). The smallest absolute Gasteiger partial charge is 0.321 e. The molecule has 0 saturated heterocycles. The summed E-state index contributed by atoms with van der Waals surface area (Å²) < 4.78 is 5.17. The summed E-state index contributed by atoms with van der Waals surface area (Å²) in [5.41, 5.74) is 0. The molecule has 4 heteroatoms. The van der Waals surface area contributed by atoms with Crippen molar-refractivity contribution in [2.45, 2.75) is 45.1 Å². The number of hydrogen-bond acceptors (Lipinski definition) is 4. The third-order valence-corrected chi connectivity index (χ3v) is 3.53. The maximum Gasteiger partial charge on any atom is 0.321 e. The van der Waals surface area contributed by atoms with Crippen LogP contribution in [0.1, 0.15) is 44.9 Å². The van der Waals surface area contributed by atoms with Crippen LogP contribution in [0.3, 0.4) is 0 Å². The van der Waals surface area contributed by atoms with Gasteiger partial charge in [0.15, 0.2) is 5.82 Å². The van der Waals surface area contributed by atoms with Crippen LogP contribution in [0.25, 0.3) is 0 Å². The third kappa shape index (κ3) is 1.73. The predicted molar refractivity (Wildman–Crippen MR) is 56.6 cm³/mol. The zero-order chi connectivity index (χ0) is 10.4. The highest BCUT2D eigenvalue weighted by molar-refractivity contribution is 5.23. The van der Waals surface area contributed by atoms with Crippen LogP contribution in [0, 0.1) is 11.8 Å². The second-order valence-corrected chi connectivity index (χ2v) is 5.18. The van der Waals surface area contributed by atoms with Crippen LogP contribution in [0.4, 0.5) is 6.01 Å². The van der Waals surface area contributed by atoms with Crippen molar-refractivity contribution in [3.05, 3.63) is 5.82 Å². The van der Waals surface area contributed by atoms with E-state index >= 15 is 0 Å². The van der Waals surface area contributed by atoms with Crippen LogP contribution < -0.4 is 5.32 Å². The molecule has 0 amide bonds. The van der Waals surface area contributed by atoms with E-state index in [-0.39, 0.29) is 0 Å². The molecule has 4 nitrogen and oxygen atoms in total. The van der Waals surface area contributed by atoms with Gasteiger partial charge in [0, 0.05) is 12.0 Å². The van der Waals surface area contributed by atoms with Crippen LogP contribution in [0.5, 0.6) is 0 Å². The van der Waals surface area contributed by atoms with Crippen LogP contribution in [-0.2, 0) is 0 Å². The zero-order valence-corrected chi connectivity index (χ0v) is 9.23. The van der Waals surface area contributed by atoms with Gasteiger partial charge in [0.1, 0.15) is 0 Å². The molecule has 2 atom stereocenters. The first kappa shape index (κ1) is 9.19. The van der Waals surface area contributed by atoms with Crippen molar-refractivity contribution >= 4 is 6.01 Å². The quantitative estimate of drug-likeness (QED) is 0.826. The molecule has 2 unspecified atom stereocenters. The minimum absolute atomic E-state index is 0.335. The maximum absolute atomic E-state index is 5.17. The SMILES string of the molecule is CC(C)c1noc(NC2CC3CC3C2)n1. The van der Waals surface area contributed by atoms with Gasteiger partial charge in [0.25, 0.3) is 0 Å². The van der Waals surface area contributed by atoms with Gasteiger partial charge in [0.2, 0.25) is 0 Å². The fourth-order valence-electron chi connectivity index (χ4n) is 2.54. The Hall–Kier alpha value is -1.06. The molecule has 82 valence electrons. The van der Waals surface area contributed by atoms with Crippen LogP contribution in [-0.4, -0.2) is 16.2 Å². The summed E-state index contributed by atoms with van der Waals surface area (Å²) in [4.78, 5) is 4.32. The summed E-state index contributed by atoms with van der Waals surface area (Å²) in [7, 11) is 0. The van der Waals surface area contributed by atoms with E-state index in [9.17, 15) is 0 Å². The van der Waals surface area contributed by atoms with E-state index in [0.29, 0.717) is 18.0 Å². The molecule has 0 radical (unpaired) electrons. The minimum atomic E-state index is 0.335. The summed E-state index contributed by atoms with van der Waals surface area (Å²) in [6.07, 6.45) is 4.01. The molecule has 2 fully saturated rings. The summed E-state index contributed by atoms with van der Waals surface area (Å²) in [6.45, 7) is 4.14. The Labute approximate surface area is 89.4 Å². The van der Waals surface area contributed by atoms with Crippen molar-refractivity contribution in [3.8, 4) is 0 Å². The van der Waals surface area contributed by atoms with E-state index in [2.05, 4.69) is 29.3 Å². The Balaban J connectivity index is 1.61. The Morgan fingerprint density at radius 2 is 2.00 bits per heavy atom. The number of anilines is 1. The molecular weight excluding hydrogens is 190 g/mol. The van der Waals surface area contributed by atoms with Gasteiger partial charge >= 0.3 is 6.01 Å². The summed E-state index contributed by atoms with van der Waals surface area (Å²) in [5, 5.41) is 7.28. The fourth-order valence-corrected chi connectivity index (χ4v) is 2.54. The molecule has 0 spiro atoms. The molecule has 1 aromatic rings. The van der Waals surface area contributed by atoms with Gasteiger partial charge in [0.05, 0.1) is 0 Å². The first-order valence-electron chi connectivity index (χ1n) is 5.82. The topological polar surface area (TPSA) is 51.0 Å². The minimum Gasteiger partial charge on any atom is -0.335 e. The van der Waals surface area contributed by atoms with E-state index in [4.69, 9.17) is 4.52 Å².